The molecule has 0 bridgehead atoms. The number of rotatable bonds is 3. The second kappa shape index (κ2) is 6.11. The SMILES string of the molecule is Cc1cn([C@H]2[C@H](O)[C@@H](CO)O[C@H]2c2ccccc2)c(=O)[nH]c1=O. The molecular formula is C16H18N2O5. The van der Waals surface area contributed by atoms with Crippen molar-refractivity contribution in [3.05, 3.63) is 68.5 Å². The summed E-state index contributed by atoms with van der Waals surface area (Å²) in [6, 6.07) is 8.42. The number of nitrogens with one attached hydrogen (secondary N) is 1. The predicted octanol–water partition coefficient (Wildman–Crippen LogP) is -0.121. The molecule has 2 heterocycles. The van der Waals surface area contributed by atoms with Gasteiger partial charge in [0.1, 0.15) is 18.3 Å². The lowest BCUT2D eigenvalue weighted by Gasteiger charge is -2.23. The average Bonchev–Trinajstić information content (AvgIpc) is 2.88. The van der Waals surface area contributed by atoms with Crippen LogP contribution in [-0.2, 0) is 4.74 Å². The van der Waals surface area contributed by atoms with E-state index in [-0.39, 0.29) is 6.61 Å². The zero-order chi connectivity index (χ0) is 16.6. The summed E-state index contributed by atoms with van der Waals surface area (Å²) in [5.74, 6) is 0. The van der Waals surface area contributed by atoms with E-state index in [9.17, 15) is 19.8 Å². The van der Waals surface area contributed by atoms with Crippen LogP contribution in [0, 0.1) is 6.92 Å². The monoisotopic (exact) mass is 318 g/mol. The van der Waals surface area contributed by atoms with E-state index >= 15 is 0 Å². The van der Waals surface area contributed by atoms with Crippen LogP contribution >= 0.6 is 0 Å². The van der Waals surface area contributed by atoms with Crippen LogP contribution in [0.5, 0.6) is 0 Å². The first-order valence-corrected chi connectivity index (χ1v) is 7.34. The van der Waals surface area contributed by atoms with Gasteiger partial charge in [0.15, 0.2) is 0 Å². The highest BCUT2D eigenvalue weighted by atomic mass is 16.5. The van der Waals surface area contributed by atoms with Crippen molar-refractivity contribution in [2.24, 2.45) is 0 Å². The molecule has 2 aromatic rings. The Hall–Kier alpha value is -2.22. The normalized spacial score (nSPS) is 27.3. The average molecular weight is 318 g/mol. The molecule has 3 N–H and O–H groups in total. The Morgan fingerprint density at radius 1 is 1.26 bits per heavy atom. The van der Waals surface area contributed by atoms with Crippen LogP contribution in [0.2, 0.25) is 0 Å². The van der Waals surface area contributed by atoms with Gasteiger partial charge in [0, 0.05) is 11.8 Å². The minimum absolute atomic E-state index is 0.357. The van der Waals surface area contributed by atoms with Crippen LogP contribution in [0.4, 0.5) is 0 Å². The molecule has 0 unspecified atom stereocenters. The molecule has 1 aromatic heterocycles. The van der Waals surface area contributed by atoms with E-state index in [1.807, 2.05) is 30.3 Å². The van der Waals surface area contributed by atoms with Gasteiger partial charge in [0.05, 0.1) is 12.6 Å². The van der Waals surface area contributed by atoms with E-state index in [1.165, 1.54) is 10.8 Å². The van der Waals surface area contributed by atoms with Gasteiger partial charge in [-0.3, -0.25) is 14.3 Å². The number of benzene rings is 1. The van der Waals surface area contributed by atoms with Gasteiger partial charge in [-0.15, -0.1) is 0 Å². The maximum atomic E-state index is 12.2. The molecule has 23 heavy (non-hydrogen) atoms. The molecule has 1 aliphatic rings. The van der Waals surface area contributed by atoms with Crippen LogP contribution in [0.15, 0.2) is 46.1 Å². The predicted molar refractivity (Wildman–Crippen MR) is 82.2 cm³/mol. The maximum absolute atomic E-state index is 12.2. The summed E-state index contributed by atoms with van der Waals surface area (Å²) in [4.78, 5) is 26.0. The quantitative estimate of drug-likeness (QED) is 0.732. The summed E-state index contributed by atoms with van der Waals surface area (Å²) in [5.41, 5.74) is 0.0571. The molecule has 3 rings (SSSR count). The zero-order valence-corrected chi connectivity index (χ0v) is 12.5. The van der Waals surface area contributed by atoms with Crippen LogP contribution in [-0.4, -0.2) is 38.6 Å². The standard InChI is InChI=1S/C16H18N2O5/c1-9-7-18(16(22)17-15(9)21)12-13(20)11(8-19)23-14(12)10-5-3-2-4-6-10/h2-7,11-14,19-20H,8H2,1H3,(H,17,21,22)/t11-,12+,13-,14+/m1/s1. The summed E-state index contributed by atoms with van der Waals surface area (Å²) in [7, 11) is 0. The maximum Gasteiger partial charge on any atom is 0.328 e. The first-order chi connectivity index (χ1) is 11.0. The number of aromatic nitrogens is 2. The fraction of sp³-hybridized carbons (Fsp3) is 0.375. The number of aliphatic hydroxyl groups excluding tert-OH is 2. The lowest BCUT2D eigenvalue weighted by Crippen LogP contribution is -2.39. The van der Waals surface area contributed by atoms with E-state index in [0.29, 0.717) is 5.56 Å². The van der Waals surface area contributed by atoms with E-state index in [0.717, 1.165) is 5.56 Å². The molecule has 1 aliphatic heterocycles. The Bertz CT molecular complexity index is 798. The van der Waals surface area contributed by atoms with Gasteiger partial charge < -0.3 is 14.9 Å². The first kappa shape index (κ1) is 15.7. The van der Waals surface area contributed by atoms with Gasteiger partial charge in [-0.2, -0.15) is 0 Å². The molecule has 7 heteroatoms. The van der Waals surface area contributed by atoms with Crippen molar-refractivity contribution in [2.45, 2.75) is 31.3 Å². The molecular weight excluding hydrogens is 300 g/mol. The Morgan fingerprint density at radius 2 is 1.96 bits per heavy atom. The minimum atomic E-state index is -1.08. The topological polar surface area (TPSA) is 105 Å². The van der Waals surface area contributed by atoms with Gasteiger partial charge in [-0.05, 0) is 12.5 Å². The second-order valence-corrected chi connectivity index (χ2v) is 5.65. The summed E-state index contributed by atoms with van der Waals surface area (Å²) >= 11 is 0. The number of hydrogen-bond acceptors (Lipinski definition) is 5. The van der Waals surface area contributed by atoms with Crippen molar-refractivity contribution in [3.8, 4) is 0 Å². The number of nitrogens with zero attached hydrogens (tertiary/aromatic N) is 1. The Balaban J connectivity index is 2.11. The molecule has 4 atom stereocenters. The van der Waals surface area contributed by atoms with Crippen molar-refractivity contribution in [2.75, 3.05) is 6.61 Å². The largest absolute Gasteiger partial charge is 0.394 e. The molecule has 0 amide bonds. The van der Waals surface area contributed by atoms with Crippen LogP contribution in [0.1, 0.15) is 23.3 Å². The van der Waals surface area contributed by atoms with Gasteiger partial charge in [0.2, 0.25) is 0 Å². The van der Waals surface area contributed by atoms with Gasteiger partial charge in [-0.1, -0.05) is 30.3 Å². The summed E-state index contributed by atoms with van der Waals surface area (Å²) in [6.07, 6.45) is -1.07. The fourth-order valence-corrected chi connectivity index (χ4v) is 2.94. The van der Waals surface area contributed by atoms with Gasteiger partial charge in [-0.25, -0.2) is 4.79 Å². The Kier molecular flexibility index (Phi) is 4.16. The molecule has 0 spiro atoms. The number of aromatic amines is 1. The Labute approximate surface area is 131 Å². The zero-order valence-electron chi connectivity index (χ0n) is 12.5. The van der Waals surface area contributed by atoms with Crippen molar-refractivity contribution in [1.82, 2.24) is 9.55 Å². The van der Waals surface area contributed by atoms with E-state index in [4.69, 9.17) is 4.74 Å². The highest BCUT2D eigenvalue weighted by Crippen LogP contribution is 2.40. The molecule has 0 aliphatic carbocycles. The number of H-pyrrole nitrogens is 1. The van der Waals surface area contributed by atoms with Gasteiger partial charge >= 0.3 is 5.69 Å². The third-order valence-corrected chi connectivity index (χ3v) is 4.14. The smallest absolute Gasteiger partial charge is 0.328 e. The number of aliphatic hydroxyl groups is 2. The molecule has 0 saturated carbocycles. The first-order valence-electron chi connectivity index (χ1n) is 7.34. The van der Waals surface area contributed by atoms with Crippen LogP contribution < -0.4 is 11.2 Å². The summed E-state index contributed by atoms with van der Waals surface area (Å²) in [5, 5.41) is 19.9. The third-order valence-electron chi connectivity index (χ3n) is 4.14. The lowest BCUT2D eigenvalue weighted by atomic mass is 9.98. The molecule has 122 valence electrons. The van der Waals surface area contributed by atoms with Crippen LogP contribution in [0.25, 0.3) is 0 Å². The lowest BCUT2D eigenvalue weighted by molar-refractivity contribution is -0.0225. The second-order valence-electron chi connectivity index (χ2n) is 5.65. The van der Waals surface area contributed by atoms with Crippen LogP contribution in [0.3, 0.4) is 0 Å². The van der Waals surface area contributed by atoms with Crippen molar-refractivity contribution in [3.63, 3.8) is 0 Å². The molecule has 1 aromatic carbocycles. The van der Waals surface area contributed by atoms with E-state index < -0.39 is 35.6 Å². The number of hydrogen-bond donors (Lipinski definition) is 3. The highest BCUT2D eigenvalue weighted by molar-refractivity contribution is 5.21. The fourth-order valence-electron chi connectivity index (χ4n) is 2.94. The molecule has 0 radical (unpaired) electrons. The number of aryl methyl sites for hydroxylation is 1. The third kappa shape index (κ3) is 2.74. The number of ether oxygens (including phenoxy) is 1. The molecule has 1 saturated heterocycles. The van der Waals surface area contributed by atoms with Crippen molar-refractivity contribution in [1.29, 1.82) is 0 Å². The Morgan fingerprint density at radius 3 is 2.61 bits per heavy atom. The van der Waals surface area contributed by atoms with E-state index in [1.54, 1.807) is 6.92 Å². The van der Waals surface area contributed by atoms with Gasteiger partial charge in [0.25, 0.3) is 5.56 Å². The molecule has 1 fully saturated rings. The minimum Gasteiger partial charge on any atom is -0.394 e. The van der Waals surface area contributed by atoms with Crippen molar-refractivity contribution < 1.29 is 14.9 Å². The highest BCUT2D eigenvalue weighted by Gasteiger charge is 2.45. The summed E-state index contributed by atoms with van der Waals surface area (Å²) < 4.78 is 7.02. The van der Waals surface area contributed by atoms with E-state index in [2.05, 4.69) is 4.98 Å². The molecule has 7 nitrogen and oxygen atoms in total. The van der Waals surface area contributed by atoms with Crippen molar-refractivity contribution >= 4 is 0 Å². The summed E-state index contributed by atoms with van der Waals surface area (Å²) in [6.45, 7) is 1.22.